The number of nitrogens with one attached hydrogen (secondary N) is 2. The van der Waals surface area contributed by atoms with Gasteiger partial charge in [-0.3, -0.25) is 9.59 Å². The van der Waals surface area contributed by atoms with Crippen molar-refractivity contribution in [2.24, 2.45) is 0 Å². The summed E-state index contributed by atoms with van der Waals surface area (Å²) in [6.45, 7) is 1.20. The first-order valence-corrected chi connectivity index (χ1v) is 8.38. The second kappa shape index (κ2) is 7.10. The van der Waals surface area contributed by atoms with Crippen LogP contribution in [0.3, 0.4) is 0 Å². The van der Waals surface area contributed by atoms with Crippen LogP contribution in [0.2, 0.25) is 0 Å². The Morgan fingerprint density at radius 1 is 1.12 bits per heavy atom. The molecule has 0 fully saturated rings. The highest BCUT2D eigenvalue weighted by molar-refractivity contribution is 7.99. The second-order valence-corrected chi connectivity index (χ2v) is 6.41. The predicted molar refractivity (Wildman–Crippen MR) is 90.9 cm³/mol. The van der Waals surface area contributed by atoms with Crippen molar-refractivity contribution in [3.8, 4) is 5.75 Å². The minimum atomic E-state index is -0.941. The van der Waals surface area contributed by atoms with Gasteiger partial charge in [0.05, 0.1) is 11.4 Å². The van der Waals surface area contributed by atoms with E-state index in [2.05, 4.69) is 10.6 Å². The summed E-state index contributed by atoms with van der Waals surface area (Å²) >= 11 is 1.46. The third kappa shape index (κ3) is 3.90. The van der Waals surface area contributed by atoms with Crippen molar-refractivity contribution in [1.82, 2.24) is 0 Å². The first-order chi connectivity index (χ1) is 11.9. The van der Waals surface area contributed by atoms with Crippen molar-refractivity contribution in [2.45, 2.75) is 17.9 Å². The average Bonchev–Trinajstić information content (AvgIpc) is 2.58. The number of amides is 2. The monoisotopic (exact) mass is 364 g/mol. The standard InChI is InChI=1S/C17H14F2N2O3S/c1-9(22)20-12-7-13(11(19)6-10(12)18)21-17(23)15-8-25-16-5-3-2-4-14(16)24-15/h2-7,15H,8H2,1H3,(H,20,22)(H,21,23). The van der Waals surface area contributed by atoms with Crippen LogP contribution in [0.25, 0.3) is 0 Å². The number of carbonyl (C=O) groups excluding carboxylic acids is 2. The molecule has 0 saturated carbocycles. The summed E-state index contributed by atoms with van der Waals surface area (Å²) in [5, 5.41) is 4.62. The maximum atomic E-state index is 13.9. The van der Waals surface area contributed by atoms with Crippen LogP contribution in [-0.4, -0.2) is 23.7 Å². The highest BCUT2D eigenvalue weighted by Crippen LogP contribution is 2.35. The Balaban J connectivity index is 1.76. The fourth-order valence-corrected chi connectivity index (χ4v) is 3.28. The van der Waals surface area contributed by atoms with E-state index in [4.69, 9.17) is 4.74 Å². The Kier molecular flexibility index (Phi) is 4.89. The van der Waals surface area contributed by atoms with E-state index in [1.165, 1.54) is 18.7 Å². The van der Waals surface area contributed by atoms with Crippen LogP contribution in [0.4, 0.5) is 20.2 Å². The lowest BCUT2D eigenvalue weighted by atomic mass is 10.2. The molecule has 2 aromatic carbocycles. The van der Waals surface area contributed by atoms with Gasteiger partial charge in [-0.25, -0.2) is 8.78 Å². The number of carbonyl (C=O) groups is 2. The molecule has 5 nitrogen and oxygen atoms in total. The van der Waals surface area contributed by atoms with Gasteiger partial charge in [0.15, 0.2) is 6.10 Å². The topological polar surface area (TPSA) is 67.4 Å². The highest BCUT2D eigenvalue weighted by atomic mass is 32.2. The smallest absolute Gasteiger partial charge is 0.266 e. The molecule has 130 valence electrons. The zero-order valence-corrected chi connectivity index (χ0v) is 14.0. The van der Waals surface area contributed by atoms with Crippen molar-refractivity contribution in [3.05, 3.63) is 48.0 Å². The van der Waals surface area contributed by atoms with E-state index in [-0.39, 0.29) is 11.4 Å². The van der Waals surface area contributed by atoms with Gasteiger partial charge in [-0.1, -0.05) is 12.1 Å². The van der Waals surface area contributed by atoms with Crippen molar-refractivity contribution in [3.63, 3.8) is 0 Å². The molecule has 1 unspecified atom stereocenters. The van der Waals surface area contributed by atoms with Crippen molar-refractivity contribution in [2.75, 3.05) is 16.4 Å². The van der Waals surface area contributed by atoms with Gasteiger partial charge in [-0.05, 0) is 18.2 Å². The Morgan fingerprint density at radius 3 is 2.52 bits per heavy atom. The molecule has 0 aliphatic carbocycles. The third-order valence-corrected chi connectivity index (χ3v) is 4.54. The normalized spacial score (nSPS) is 15.7. The molecule has 2 aromatic rings. The molecule has 1 aliphatic rings. The van der Waals surface area contributed by atoms with E-state index in [0.29, 0.717) is 17.6 Å². The molecular weight excluding hydrogens is 350 g/mol. The predicted octanol–water partition coefficient (Wildman–Crippen LogP) is 3.42. The molecule has 1 heterocycles. The molecule has 1 aliphatic heterocycles. The van der Waals surface area contributed by atoms with Gasteiger partial charge in [0, 0.05) is 23.6 Å². The van der Waals surface area contributed by atoms with E-state index in [9.17, 15) is 18.4 Å². The molecule has 25 heavy (non-hydrogen) atoms. The number of benzene rings is 2. The van der Waals surface area contributed by atoms with Gasteiger partial charge in [0.25, 0.3) is 5.91 Å². The average molecular weight is 364 g/mol. The first-order valence-electron chi connectivity index (χ1n) is 7.40. The summed E-state index contributed by atoms with van der Waals surface area (Å²) in [5.74, 6) is -1.98. The van der Waals surface area contributed by atoms with Crippen LogP contribution < -0.4 is 15.4 Å². The van der Waals surface area contributed by atoms with Crippen molar-refractivity contribution in [1.29, 1.82) is 0 Å². The van der Waals surface area contributed by atoms with Gasteiger partial charge in [-0.2, -0.15) is 0 Å². The highest BCUT2D eigenvalue weighted by Gasteiger charge is 2.27. The van der Waals surface area contributed by atoms with E-state index >= 15 is 0 Å². The molecule has 1 atom stereocenters. The summed E-state index contributed by atoms with van der Waals surface area (Å²) < 4.78 is 33.2. The largest absolute Gasteiger partial charge is 0.479 e. The number of fused-ring (bicyclic) bond motifs is 1. The van der Waals surface area contributed by atoms with Crippen LogP contribution in [-0.2, 0) is 9.59 Å². The van der Waals surface area contributed by atoms with E-state index in [1.54, 1.807) is 12.1 Å². The lowest BCUT2D eigenvalue weighted by Gasteiger charge is -2.24. The summed E-state index contributed by atoms with van der Waals surface area (Å²) in [7, 11) is 0. The number of hydrogen-bond donors (Lipinski definition) is 2. The zero-order valence-electron chi connectivity index (χ0n) is 13.1. The Labute approximate surface area is 146 Å². The van der Waals surface area contributed by atoms with E-state index < -0.39 is 29.6 Å². The molecule has 0 radical (unpaired) electrons. The quantitative estimate of drug-likeness (QED) is 0.876. The number of anilines is 2. The molecule has 0 bridgehead atoms. The van der Waals surface area contributed by atoms with E-state index in [0.717, 1.165) is 11.0 Å². The molecule has 8 heteroatoms. The van der Waals surface area contributed by atoms with Crippen LogP contribution >= 0.6 is 11.8 Å². The summed E-state index contributed by atoms with van der Waals surface area (Å²) in [6.07, 6.45) is -0.812. The molecule has 2 amide bonds. The number of rotatable bonds is 3. The Morgan fingerprint density at radius 2 is 1.80 bits per heavy atom. The van der Waals surface area contributed by atoms with Crippen molar-refractivity contribution >= 4 is 35.0 Å². The summed E-state index contributed by atoms with van der Waals surface area (Å²) in [4.78, 5) is 24.3. The first kappa shape index (κ1) is 17.2. The second-order valence-electron chi connectivity index (χ2n) is 5.35. The minimum Gasteiger partial charge on any atom is -0.479 e. The zero-order chi connectivity index (χ0) is 18.0. The fourth-order valence-electron chi connectivity index (χ4n) is 2.29. The van der Waals surface area contributed by atoms with Crippen LogP contribution in [0.15, 0.2) is 41.3 Å². The Hall–Kier alpha value is -2.61. The summed E-state index contributed by atoms with van der Waals surface area (Å²) in [5.41, 5.74) is -0.448. The maximum Gasteiger partial charge on any atom is 0.266 e. The minimum absolute atomic E-state index is 0.214. The molecule has 0 spiro atoms. The molecule has 3 rings (SSSR count). The number of hydrogen-bond acceptors (Lipinski definition) is 4. The van der Waals surface area contributed by atoms with Crippen LogP contribution in [0.5, 0.6) is 5.75 Å². The van der Waals surface area contributed by atoms with E-state index in [1.807, 2.05) is 12.1 Å². The Bertz CT molecular complexity index is 845. The van der Waals surface area contributed by atoms with Gasteiger partial charge in [0.1, 0.15) is 17.4 Å². The van der Waals surface area contributed by atoms with Gasteiger partial charge in [0.2, 0.25) is 5.91 Å². The number of thioether (sulfide) groups is 1. The third-order valence-electron chi connectivity index (χ3n) is 3.43. The van der Waals surface area contributed by atoms with Gasteiger partial charge >= 0.3 is 0 Å². The summed E-state index contributed by atoms with van der Waals surface area (Å²) in [6, 6.07) is 8.93. The SMILES string of the molecule is CC(=O)Nc1cc(NC(=O)C2CSc3ccccc3O2)c(F)cc1F. The molecule has 0 aromatic heterocycles. The van der Waals surface area contributed by atoms with Crippen LogP contribution in [0.1, 0.15) is 6.92 Å². The van der Waals surface area contributed by atoms with Crippen molar-refractivity contribution < 1.29 is 23.1 Å². The fraction of sp³-hybridized carbons (Fsp3) is 0.176. The van der Waals surface area contributed by atoms with Crippen LogP contribution in [0, 0.1) is 11.6 Å². The lowest BCUT2D eigenvalue weighted by molar-refractivity contribution is -0.122. The van der Waals surface area contributed by atoms with Gasteiger partial charge < -0.3 is 15.4 Å². The lowest BCUT2D eigenvalue weighted by Crippen LogP contribution is -2.37. The number of para-hydroxylation sites is 1. The molecular formula is C17H14F2N2O3S. The number of ether oxygens (including phenoxy) is 1. The number of halogens is 2. The molecule has 2 N–H and O–H groups in total. The molecule has 0 saturated heterocycles. The van der Waals surface area contributed by atoms with Gasteiger partial charge in [-0.15, -0.1) is 11.8 Å². The maximum absolute atomic E-state index is 13.9.